The first-order chi connectivity index (χ1) is 7.29. The van der Waals surface area contributed by atoms with Gasteiger partial charge in [-0.15, -0.1) is 0 Å². The van der Waals surface area contributed by atoms with Crippen molar-refractivity contribution in [2.45, 2.75) is 12.5 Å². The SMILES string of the molecule is O=C(O)C(c1ccccc1)N1CCC=N1. The first kappa shape index (κ1) is 9.71. The Bertz CT molecular complexity index is 375. The van der Waals surface area contributed by atoms with Crippen LogP contribution >= 0.6 is 0 Å². The summed E-state index contributed by atoms with van der Waals surface area (Å²) >= 11 is 0. The van der Waals surface area contributed by atoms with Crippen molar-refractivity contribution < 1.29 is 9.90 Å². The van der Waals surface area contributed by atoms with Crippen molar-refractivity contribution in [2.75, 3.05) is 6.54 Å². The van der Waals surface area contributed by atoms with E-state index in [1.54, 1.807) is 11.2 Å². The highest BCUT2D eigenvalue weighted by Gasteiger charge is 2.27. The van der Waals surface area contributed by atoms with E-state index < -0.39 is 12.0 Å². The quantitative estimate of drug-likeness (QED) is 0.811. The minimum Gasteiger partial charge on any atom is -0.479 e. The summed E-state index contributed by atoms with van der Waals surface area (Å²) in [5.41, 5.74) is 0.768. The first-order valence-electron chi connectivity index (χ1n) is 4.86. The highest BCUT2D eigenvalue weighted by molar-refractivity contribution is 5.76. The molecule has 0 fully saturated rings. The van der Waals surface area contributed by atoms with Gasteiger partial charge in [-0.3, -0.25) is 5.01 Å². The minimum absolute atomic E-state index is 0.662. The van der Waals surface area contributed by atoms with Crippen molar-refractivity contribution >= 4 is 12.2 Å². The van der Waals surface area contributed by atoms with E-state index in [1.165, 1.54) is 0 Å². The lowest BCUT2D eigenvalue weighted by Crippen LogP contribution is -2.28. The molecule has 1 aliphatic heterocycles. The highest BCUT2D eigenvalue weighted by atomic mass is 16.4. The van der Waals surface area contributed by atoms with Crippen molar-refractivity contribution in [3.63, 3.8) is 0 Å². The maximum Gasteiger partial charge on any atom is 0.332 e. The lowest BCUT2D eigenvalue weighted by atomic mass is 10.1. The Morgan fingerprint density at radius 1 is 1.40 bits per heavy atom. The molecule has 0 saturated carbocycles. The van der Waals surface area contributed by atoms with Crippen molar-refractivity contribution in [2.24, 2.45) is 5.10 Å². The molecule has 1 unspecified atom stereocenters. The summed E-state index contributed by atoms with van der Waals surface area (Å²) in [4.78, 5) is 11.2. The summed E-state index contributed by atoms with van der Waals surface area (Å²) in [6, 6.07) is 8.51. The van der Waals surface area contributed by atoms with Crippen molar-refractivity contribution in [3.05, 3.63) is 35.9 Å². The topological polar surface area (TPSA) is 52.9 Å². The summed E-state index contributed by atoms with van der Waals surface area (Å²) in [7, 11) is 0. The number of aliphatic carboxylic acids is 1. The number of nitrogens with zero attached hydrogens (tertiary/aromatic N) is 2. The molecule has 1 aromatic rings. The molecule has 0 aromatic heterocycles. The molecule has 1 heterocycles. The average molecular weight is 204 g/mol. The van der Waals surface area contributed by atoms with Crippen molar-refractivity contribution in [3.8, 4) is 0 Å². The first-order valence-corrected chi connectivity index (χ1v) is 4.86. The maximum absolute atomic E-state index is 11.2. The van der Waals surface area contributed by atoms with E-state index >= 15 is 0 Å². The molecule has 0 saturated heterocycles. The smallest absolute Gasteiger partial charge is 0.332 e. The van der Waals surface area contributed by atoms with Crippen LogP contribution in [-0.4, -0.2) is 28.8 Å². The second kappa shape index (κ2) is 4.13. The molecule has 78 valence electrons. The van der Waals surface area contributed by atoms with Gasteiger partial charge in [0.15, 0.2) is 6.04 Å². The van der Waals surface area contributed by atoms with Crippen LogP contribution in [0.15, 0.2) is 35.4 Å². The molecular formula is C11H12N2O2. The molecule has 0 aliphatic carbocycles. The van der Waals surface area contributed by atoms with Crippen molar-refractivity contribution in [1.29, 1.82) is 0 Å². The van der Waals surface area contributed by atoms with Crippen LogP contribution in [0, 0.1) is 0 Å². The van der Waals surface area contributed by atoms with Crippen LogP contribution in [-0.2, 0) is 4.79 Å². The van der Waals surface area contributed by atoms with E-state index in [0.29, 0.717) is 6.54 Å². The van der Waals surface area contributed by atoms with Crippen LogP contribution in [0.25, 0.3) is 0 Å². The van der Waals surface area contributed by atoms with E-state index in [4.69, 9.17) is 0 Å². The minimum atomic E-state index is -0.861. The van der Waals surface area contributed by atoms with Crippen LogP contribution in [0.5, 0.6) is 0 Å². The van der Waals surface area contributed by atoms with Crippen LogP contribution in [0.2, 0.25) is 0 Å². The Labute approximate surface area is 87.8 Å². The van der Waals surface area contributed by atoms with E-state index in [0.717, 1.165) is 12.0 Å². The fraction of sp³-hybridized carbons (Fsp3) is 0.273. The fourth-order valence-corrected chi connectivity index (χ4v) is 1.68. The average Bonchev–Trinajstić information content (AvgIpc) is 2.72. The Hall–Kier alpha value is -1.84. The summed E-state index contributed by atoms with van der Waals surface area (Å²) in [6.07, 6.45) is 2.56. The third-order valence-electron chi connectivity index (χ3n) is 2.36. The zero-order chi connectivity index (χ0) is 10.7. The largest absolute Gasteiger partial charge is 0.479 e. The van der Waals surface area contributed by atoms with Gasteiger partial charge in [-0.25, -0.2) is 4.79 Å². The summed E-state index contributed by atoms with van der Waals surface area (Å²) < 4.78 is 0. The summed E-state index contributed by atoms with van der Waals surface area (Å²) in [5, 5.41) is 14.8. The predicted molar refractivity (Wildman–Crippen MR) is 56.6 cm³/mol. The number of carboxylic acid groups (broad SMARTS) is 1. The Kier molecular flexibility index (Phi) is 2.67. The molecule has 1 N–H and O–H groups in total. The van der Waals surface area contributed by atoms with E-state index in [-0.39, 0.29) is 0 Å². The summed E-state index contributed by atoms with van der Waals surface area (Å²) in [6.45, 7) is 0.672. The van der Waals surface area contributed by atoms with Gasteiger partial charge in [-0.2, -0.15) is 5.10 Å². The van der Waals surface area contributed by atoms with Gasteiger partial charge in [0.2, 0.25) is 0 Å². The lowest BCUT2D eigenvalue weighted by Gasteiger charge is -2.22. The number of hydrogen-bond donors (Lipinski definition) is 1. The number of benzene rings is 1. The monoisotopic (exact) mass is 204 g/mol. The molecule has 1 aliphatic rings. The number of carbonyl (C=O) groups is 1. The van der Waals surface area contributed by atoms with Gasteiger partial charge in [0.1, 0.15) is 0 Å². The normalized spacial score (nSPS) is 16.7. The molecule has 1 atom stereocenters. The Morgan fingerprint density at radius 3 is 2.67 bits per heavy atom. The number of hydrazone groups is 1. The number of hydrogen-bond acceptors (Lipinski definition) is 3. The van der Waals surface area contributed by atoms with Gasteiger partial charge in [0, 0.05) is 19.2 Å². The van der Waals surface area contributed by atoms with Crippen molar-refractivity contribution in [1.82, 2.24) is 5.01 Å². The van der Waals surface area contributed by atoms with Gasteiger partial charge in [-0.1, -0.05) is 30.3 Å². The molecule has 0 bridgehead atoms. The number of rotatable bonds is 3. The third kappa shape index (κ3) is 1.98. The van der Waals surface area contributed by atoms with Crippen LogP contribution < -0.4 is 0 Å². The predicted octanol–water partition coefficient (Wildman–Crippen LogP) is 1.50. The maximum atomic E-state index is 11.2. The van der Waals surface area contributed by atoms with Gasteiger partial charge in [0.05, 0.1) is 0 Å². The van der Waals surface area contributed by atoms with E-state index in [9.17, 15) is 9.90 Å². The van der Waals surface area contributed by atoms with Crippen LogP contribution in [0.3, 0.4) is 0 Å². The second-order valence-electron chi connectivity index (χ2n) is 3.40. The number of carboxylic acids is 1. The summed E-state index contributed by atoms with van der Waals surface area (Å²) in [5.74, 6) is -0.861. The Balaban J connectivity index is 2.27. The molecule has 0 spiro atoms. The highest BCUT2D eigenvalue weighted by Crippen LogP contribution is 2.23. The van der Waals surface area contributed by atoms with E-state index in [1.807, 2.05) is 30.3 Å². The lowest BCUT2D eigenvalue weighted by molar-refractivity contribution is -0.143. The molecule has 2 rings (SSSR count). The van der Waals surface area contributed by atoms with Gasteiger partial charge >= 0.3 is 5.97 Å². The zero-order valence-corrected chi connectivity index (χ0v) is 8.21. The van der Waals surface area contributed by atoms with Gasteiger partial charge in [0.25, 0.3) is 0 Å². The molecule has 4 nitrogen and oxygen atoms in total. The molecule has 1 aromatic carbocycles. The molecule has 0 amide bonds. The zero-order valence-electron chi connectivity index (χ0n) is 8.21. The third-order valence-corrected chi connectivity index (χ3v) is 2.36. The molecule has 4 heteroatoms. The van der Waals surface area contributed by atoms with Crippen LogP contribution in [0.1, 0.15) is 18.0 Å². The fourth-order valence-electron chi connectivity index (χ4n) is 1.68. The standard InChI is InChI=1S/C11H12N2O2/c14-11(15)10(13-8-4-7-12-13)9-5-2-1-3-6-9/h1-3,5-7,10H,4,8H2,(H,14,15). The van der Waals surface area contributed by atoms with Crippen LogP contribution in [0.4, 0.5) is 0 Å². The molecule has 0 radical (unpaired) electrons. The second-order valence-corrected chi connectivity index (χ2v) is 3.40. The van der Waals surface area contributed by atoms with Gasteiger partial charge < -0.3 is 5.11 Å². The van der Waals surface area contributed by atoms with Gasteiger partial charge in [-0.05, 0) is 5.56 Å². The Morgan fingerprint density at radius 2 is 2.13 bits per heavy atom. The molecule has 15 heavy (non-hydrogen) atoms. The molecular weight excluding hydrogens is 192 g/mol. The van der Waals surface area contributed by atoms with E-state index in [2.05, 4.69) is 5.10 Å².